The number of carbonyl (C=O) groups is 1. The first kappa shape index (κ1) is 21.7. The van der Waals surface area contributed by atoms with Crippen LogP contribution in [0.5, 0.6) is 0 Å². The lowest BCUT2D eigenvalue weighted by Gasteiger charge is -2.14. The summed E-state index contributed by atoms with van der Waals surface area (Å²) in [7, 11) is 0. The zero-order chi connectivity index (χ0) is 22.9. The molecule has 0 fully saturated rings. The smallest absolute Gasteiger partial charge is 0.258 e. The molecule has 1 amide bonds. The van der Waals surface area contributed by atoms with Gasteiger partial charge in [0.1, 0.15) is 5.01 Å². The van der Waals surface area contributed by atoms with E-state index in [-0.39, 0.29) is 11.0 Å². The number of hydrogen-bond donors (Lipinski definition) is 2. The average molecular weight is 532 g/mol. The van der Waals surface area contributed by atoms with Crippen molar-refractivity contribution < 1.29 is 4.79 Å². The monoisotopic (exact) mass is 531 g/mol. The van der Waals surface area contributed by atoms with E-state index in [0.29, 0.717) is 5.56 Å². The number of thiazole rings is 1. The molecule has 0 bridgehead atoms. The van der Waals surface area contributed by atoms with Crippen LogP contribution in [0.25, 0.3) is 31.6 Å². The van der Waals surface area contributed by atoms with E-state index in [9.17, 15) is 4.79 Å². The SMILES string of the molecule is Cc1c(NC(=S)NC(=O)c2cccc3c(Br)cccc23)cccc1-c1nc2ccccc2s1. The van der Waals surface area contributed by atoms with Gasteiger partial charge in [-0.25, -0.2) is 4.98 Å². The van der Waals surface area contributed by atoms with E-state index >= 15 is 0 Å². The Morgan fingerprint density at radius 1 is 0.939 bits per heavy atom. The molecule has 0 saturated heterocycles. The van der Waals surface area contributed by atoms with Crippen LogP contribution < -0.4 is 10.6 Å². The molecule has 1 heterocycles. The summed E-state index contributed by atoms with van der Waals surface area (Å²) in [6.07, 6.45) is 0. The van der Waals surface area contributed by atoms with Crippen LogP contribution in [0.3, 0.4) is 0 Å². The summed E-state index contributed by atoms with van der Waals surface area (Å²) in [5, 5.41) is 9.04. The Morgan fingerprint density at radius 3 is 2.55 bits per heavy atom. The fraction of sp³-hybridized carbons (Fsp3) is 0.0385. The highest BCUT2D eigenvalue weighted by Crippen LogP contribution is 2.34. The molecule has 162 valence electrons. The molecule has 0 aliphatic rings. The summed E-state index contributed by atoms with van der Waals surface area (Å²) in [6.45, 7) is 2.02. The number of carbonyl (C=O) groups excluding carboxylic acids is 1. The maximum absolute atomic E-state index is 13.0. The molecule has 2 N–H and O–H groups in total. The molecule has 0 saturated carbocycles. The first-order chi connectivity index (χ1) is 16.0. The van der Waals surface area contributed by atoms with Crippen LogP contribution in [-0.4, -0.2) is 16.0 Å². The van der Waals surface area contributed by atoms with Crippen LogP contribution in [0.4, 0.5) is 5.69 Å². The van der Waals surface area contributed by atoms with E-state index in [1.807, 2.05) is 73.7 Å². The number of benzene rings is 4. The van der Waals surface area contributed by atoms with Crippen molar-refractivity contribution in [2.45, 2.75) is 6.92 Å². The number of rotatable bonds is 3. The number of fused-ring (bicyclic) bond motifs is 2. The summed E-state index contributed by atoms with van der Waals surface area (Å²) in [4.78, 5) is 17.8. The van der Waals surface area contributed by atoms with Crippen molar-refractivity contribution in [3.05, 3.63) is 94.5 Å². The summed E-state index contributed by atoms with van der Waals surface area (Å²) < 4.78 is 2.09. The van der Waals surface area contributed by atoms with Crippen molar-refractivity contribution in [1.29, 1.82) is 0 Å². The molecule has 4 aromatic carbocycles. The van der Waals surface area contributed by atoms with Crippen molar-refractivity contribution >= 4 is 77.2 Å². The van der Waals surface area contributed by atoms with Gasteiger partial charge in [-0.2, -0.15) is 0 Å². The highest BCUT2D eigenvalue weighted by atomic mass is 79.9. The molecular formula is C26H18BrN3OS2. The summed E-state index contributed by atoms with van der Waals surface area (Å²) in [5.74, 6) is -0.254. The number of nitrogens with one attached hydrogen (secondary N) is 2. The minimum Gasteiger partial charge on any atom is -0.332 e. The van der Waals surface area contributed by atoms with Gasteiger partial charge < -0.3 is 5.32 Å². The Morgan fingerprint density at radius 2 is 1.70 bits per heavy atom. The molecule has 5 rings (SSSR count). The number of hydrogen-bond acceptors (Lipinski definition) is 4. The van der Waals surface area contributed by atoms with Gasteiger partial charge in [0.2, 0.25) is 0 Å². The van der Waals surface area contributed by atoms with Crippen LogP contribution in [0.2, 0.25) is 0 Å². The third-order valence-electron chi connectivity index (χ3n) is 5.45. The number of nitrogens with zero attached hydrogens (tertiary/aromatic N) is 1. The maximum Gasteiger partial charge on any atom is 0.258 e. The van der Waals surface area contributed by atoms with Gasteiger partial charge in [-0.15, -0.1) is 11.3 Å². The highest BCUT2D eigenvalue weighted by molar-refractivity contribution is 9.10. The minimum absolute atomic E-state index is 0.247. The predicted molar refractivity (Wildman–Crippen MR) is 145 cm³/mol. The number of halogens is 1. The highest BCUT2D eigenvalue weighted by Gasteiger charge is 2.15. The normalized spacial score (nSPS) is 11.0. The Balaban J connectivity index is 1.38. The maximum atomic E-state index is 13.0. The van der Waals surface area contributed by atoms with Gasteiger partial charge in [-0.1, -0.05) is 64.5 Å². The first-order valence-electron chi connectivity index (χ1n) is 10.3. The van der Waals surface area contributed by atoms with Crippen molar-refractivity contribution in [2.24, 2.45) is 0 Å². The van der Waals surface area contributed by atoms with Gasteiger partial charge in [0.25, 0.3) is 5.91 Å². The lowest BCUT2D eigenvalue weighted by Crippen LogP contribution is -2.34. The molecule has 0 aliphatic carbocycles. The zero-order valence-corrected chi connectivity index (χ0v) is 20.8. The molecule has 1 aromatic heterocycles. The molecule has 0 radical (unpaired) electrons. The summed E-state index contributed by atoms with van der Waals surface area (Å²) in [5.41, 5.74) is 4.44. The lowest BCUT2D eigenvalue weighted by molar-refractivity contribution is 0.0979. The van der Waals surface area contributed by atoms with Crippen molar-refractivity contribution in [1.82, 2.24) is 10.3 Å². The van der Waals surface area contributed by atoms with E-state index in [1.54, 1.807) is 17.4 Å². The Hall–Kier alpha value is -3.13. The van der Waals surface area contributed by atoms with Crippen LogP contribution in [0.1, 0.15) is 15.9 Å². The molecule has 0 atom stereocenters. The Bertz CT molecular complexity index is 1510. The first-order valence-corrected chi connectivity index (χ1v) is 12.3. The molecule has 0 aliphatic heterocycles. The van der Waals surface area contributed by atoms with Gasteiger partial charge in [0.15, 0.2) is 5.11 Å². The second kappa shape index (κ2) is 9.02. The van der Waals surface area contributed by atoms with Crippen molar-refractivity contribution in [3.8, 4) is 10.6 Å². The topological polar surface area (TPSA) is 54.0 Å². The number of thiocarbonyl (C=S) groups is 1. The Labute approximate surface area is 208 Å². The number of aromatic nitrogens is 1. The molecule has 0 spiro atoms. The zero-order valence-electron chi connectivity index (χ0n) is 17.6. The quantitative estimate of drug-likeness (QED) is 0.239. The second-order valence-corrected chi connectivity index (χ2v) is 9.81. The summed E-state index contributed by atoms with van der Waals surface area (Å²) in [6, 6.07) is 25.5. The standard InChI is InChI=1S/C26H18BrN3OS2/c1-15-16(25-28-22-12-2-3-14-23(22)33-25)7-6-13-21(15)29-26(32)30-24(31)19-10-4-9-18-17(19)8-5-11-20(18)27/h2-14H,1H3,(H2,29,30,31,32). The van der Waals surface area contributed by atoms with Gasteiger partial charge in [0.05, 0.1) is 10.2 Å². The number of anilines is 1. The van der Waals surface area contributed by atoms with E-state index in [1.165, 1.54) is 0 Å². The number of para-hydroxylation sites is 1. The average Bonchev–Trinajstić information content (AvgIpc) is 3.24. The second-order valence-electron chi connectivity index (χ2n) is 7.51. The third-order valence-corrected chi connectivity index (χ3v) is 7.41. The largest absolute Gasteiger partial charge is 0.332 e. The minimum atomic E-state index is -0.254. The van der Waals surface area contributed by atoms with E-state index in [2.05, 4.69) is 32.6 Å². The summed E-state index contributed by atoms with van der Waals surface area (Å²) >= 11 is 10.7. The molecule has 0 unspecified atom stereocenters. The van der Waals surface area contributed by atoms with Crippen LogP contribution in [-0.2, 0) is 0 Å². The number of amides is 1. The molecule has 4 nitrogen and oxygen atoms in total. The molecule has 33 heavy (non-hydrogen) atoms. The van der Waals surface area contributed by atoms with Gasteiger partial charge in [-0.05, 0) is 65.8 Å². The third kappa shape index (κ3) is 4.27. The molecule has 5 aromatic rings. The fourth-order valence-corrected chi connectivity index (χ4v) is 5.53. The van der Waals surface area contributed by atoms with Gasteiger partial charge in [-0.3, -0.25) is 10.1 Å². The van der Waals surface area contributed by atoms with E-state index in [4.69, 9.17) is 17.2 Å². The van der Waals surface area contributed by atoms with E-state index < -0.39 is 0 Å². The van der Waals surface area contributed by atoms with Crippen LogP contribution in [0.15, 0.2) is 83.3 Å². The fourth-order valence-electron chi connectivity index (χ4n) is 3.78. The van der Waals surface area contributed by atoms with Gasteiger partial charge >= 0.3 is 0 Å². The van der Waals surface area contributed by atoms with E-state index in [0.717, 1.165) is 47.3 Å². The van der Waals surface area contributed by atoms with Crippen molar-refractivity contribution in [3.63, 3.8) is 0 Å². The molecule has 7 heteroatoms. The van der Waals surface area contributed by atoms with Crippen LogP contribution in [0, 0.1) is 6.92 Å². The molecular weight excluding hydrogens is 514 g/mol. The predicted octanol–water partition coefficient (Wildman–Crippen LogP) is 7.31. The van der Waals surface area contributed by atoms with Crippen LogP contribution >= 0.6 is 39.5 Å². The van der Waals surface area contributed by atoms with Crippen molar-refractivity contribution in [2.75, 3.05) is 5.32 Å². The Kier molecular flexibility index (Phi) is 5.93. The van der Waals surface area contributed by atoms with Gasteiger partial charge in [0, 0.05) is 21.3 Å². The lowest BCUT2D eigenvalue weighted by atomic mass is 10.0.